The zero-order chi connectivity index (χ0) is 14.8. The van der Waals surface area contributed by atoms with E-state index in [0.717, 1.165) is 19.3 Å². The molecule has 0 aliphatic heterocycles. The number of rotatable bonds is 3. The van der Waals surface area contributed by atoms with Gasteiger partial charge in [-0.2, -0.15) is 0 Å². The Morgan fingerprint density at radius 3 is 2.24 bits per heavy atom. The maximum absolute atomic E-state index is 12.6. The van der Waals surface area contributed by atoms with Crippen molar-refractivity contribution >= 4 is 11.8 Å². The van der Waals surface area contributed by atoms with Crippen LogP contribution in [0.15, 0.2) is 42.5 Å². The van der Waals surface area contributed by atoms with Gasteiger partial charge in [-0.25, -0.2) is 4.79 Å². The first-order valence-electron chi connectivity index (χ1n) is 7.15. The van der Waals surface area contributed by atoms with E-state index >= 15 is 0 Å². The highest BCUT2D eigenvalue weighted by molar-refractivity contribution is 6.14. The van der Waals surface area contributed by atoms with E-state index in [1.807, 2.05) is 18.2 Å². The van der Waals surface area contributed by atoms with E-state index in [2.05, 4.69) is 0 Å². The first-order valence-corrected chi connectivity index (χ1v) is 7.15. The Hall–Kier alpha value is -2.42. The summed E-state index contributed by atoms with van der Waals surface area (Å²) in [6.45, 7) is 0. The van der Waals surface area contributed by atoms with Crippen LogP contribution in [0, 0.1) is 0 Å². The van der Waals surface area contributed by atoms with Crippen LogP contribution < -0.4 is 0 Å². The van der Waals surface area contributed by atoms with Crippen LogP contribution >= 0.6 is 0 Å². The molecule has 2 aromatic carbocycles. The lowest BCUT2D eigenvalue weighted by atomic mass is 9.88. The van der Waals surface area contributed by atoms with E-state index in [1.165, 1.54) is 23.6 Å². The number of benzene rings is 2. The summed E-state index contributed by atoms with van der Waals surface area (Å²) in [5.74, 6) is -1.29. The Kier molecular flexibility index (Phi) is 3.57. The van der Waals surface area contributed by atoms with Gasteiger partial charge in [0.25, 0.3) is 0 Å². The van der Waals surface area contributed by atoms with Crippen molar-refractivity contribution < 1.29 is 14.7 Å². The van der Waals surface area contributed by atoms with Crippen LogP contribution in [0.1, 0.15) is 50.2 Å². The standard InChI is InChI=1S/C18H16O3/c19-17(15-7-3-4-8-16(15)18(20)21)14-10-9-12-5-1-2-6-13(12)11-14/h3-4,7-11H,1-2,5-6H2,(H,20,21). The van der Waals surface area contributed by atoms with Gasteiger partial charge in [0.05, 0.1) is 5.56 Å². The van der Waals surface area contributed by atoms with Crippen LogP contribution in [0.5, 0.6) is 0 Å². The summed E-state index contributed by atoms with van der Waals surface area (Å²) in [5.41, 5.74) is 3.41. The molecule has 0 bridgehead atoms. The second-order valence-electron chi connectivity index (χ2n) is 5.37. The number of ketones is 1. The molecule has 0 unspecified atom stereocenters. The zero-order valence-electron chi connectivity index (χ0n) is 11.6. The molecule has 106 valence electrons. The van der Waals surface area contributed by atoms with Gasteiger partial charge in [0.15, 0.2) is 5.78 Å². The Labute approximate surface area is 123 Å². The number of aromatic carboxylic acids is 1. The molecule has 1 aliphatic carbocycles. The summed E-state index contributed by atoms with van der Waals surface area (Å²) in [6, 6.07) is 12.1. The monoisotopic (exact) mass is 280 g/mol. The van der Waals surface area contributed by atoms with Gasteiger partial charge in [-0.1, -0.05) is 30.3 Å². The molecule has 21 heavy (non-hydrogen) atoms. The lowest BCUT2D eigenvalue weighted by Gasteiger charge is -2.16. The molecule has 0 fully saturated rings. The van der Waals surface area contributed by atoms with Crippen LogP contribution in [0.25, 0.3) is 0 Å². The van der Waals surface area contributed by atoms with Crippen molar-refractivity contribution in [2.24, 2.45) is 0 Å². The highest BCUT2D eigenvalue weighted by atomic mass is 16.4. The third-order valence-electron chi connectivity index (χ3n) is 4.01. The number of hydrogen-bond donors (Lipinski definition) is 1. The van der Waals surface area contributed by atoms with Crippen molar-refractivity contribution in [2.75, 3.05) is 0 Å². The van der Waals surface area contributed by atoms with E-state index in [4.69, 9.17) is 0 Å². The summed E-state index contributed by atoms with van der Waals surface area (Å²) in [7, 11) is 0. The predicted molar refractivity (Wildman–Crippen MR) is 79.9 cm³/mol. The zero-order valence-corrected chi connectivity index (χ0v) is 11.6. The summed E-state index contributed by atoms with van der Waals surface area (Å²) >= 11 is 0. The molecular weight excluding hydrogens is 264 g/mol. The molecule has 0 radical (unpaired) electrons. The summed E-state index contributed by atoms with van der Waals surface area (Å²) < 4.78 is 0. The van der Waals surface area contributed by atoms with Crippen LogP contribution in [-0.2, 0) is 12.8 Å². The second kappa shape index (κ2) is 5.52. The first kappa shape index (κ1) is 13.6. The summed E-state index contributed by atoms with van der Waals surface area (Å²) in [4.78, 5) is 23.8. The molecule has 1 aliphatic rings. The third kappa shape index (κ3) is 2.59. The van der Waals surface area contributed by atoms with Crippen molar-refractivity contribution in [1.29, 1.82) is 0 Å². The number of carboxylic acid groups (broad SMARTS) is 1. The van der Waals surface area contributed by atoms with Gasteiger partial charge >= 0.3 is 5.97 Å². The van der Waals surface area contributed by atoms with Gasteiger partial charge in [-0.05, 0) is 48.9 Å². The van der Waals surface area contributed by atoms with E-state index in [-0.39, 0.29) is 16.9 Å². The van der Waals surface area contributed by atoms with E-state index < -0.39 is 5.97 Å². The lowest BCUT2D eigenvalue weighted by Crippen LogP contribution is -2.11. The molecule has 0 spiro atoms. The molecule has 0 saturated carbocycles. The molecule has 0 atom stereocenters. The van der Waals surface area contributed by atoms with Gasteiger partial charge in [0, 0.05) is 11.1 Å². The smallest absolute Gasteiger partial charge is 0.336 e. The molecule has 3 heteroatoms. The highest BCUT2D eigenvalue weighted by Gasteiger charge is 2.19. The largest absolute Gasteiger partial charge is 0.478 e. The fraction of sp³-hybridized carbons (Fsp3) is 0.222. The molecule has 3 rings (SSSR count). The van der Waals surface area contributed by atoms with Gasteiger partial charge in [-0.15, -0.1) is 0 Å². The molecule has 0 aromatic heterocycles. The van der Waals surface area contributed by atoms with Gasteiger partial charge in [0.2, 0.25) is 0 Å². The summed E-state index contributed by atoms with van der Waals surface area (Å²) in [5, 5.41) is 9.20. The van der Waals surface area contributed by atoms with E-state index in [1.54, 1.807) is 18.2 Å². The van der Waals surface area contributed by atoms with Crippen molar-refractivity contribution in [3.8, 4) is 0 Å². The Balaban J connectivity index is 2.01. The number of fused-ring (bicyclic) bond motifs is 1. The highest BCUT2D eigenvalue weighted by Crippen LogP contribution is 2.24. The molecular formula is C18H16O3. The van der Waals surface area contributed by atoms with E-state index in [9.17, 15) is 14.7 Å². The molecule has 0 saturated heterocycles. The van der Waals surface area contributed by atoms with Crippen molar-refractivity contribution in [1.82, 2.24) is 0 Å². The van der Waals surface area contributed by atoms with Gasteiger partial charge in [-0.3, -0.25) is 4.79 Å². The summed E-state index contributed by atoms with van der Waals surface area (Å²) in [6.07, 6.45) is 4.41. The SMILES string of the molecule is O=C(O)c1ccccc1C(=O)c1ccc2c(c1)CCCC2. The minimum absolute atomic E-state index is 0.0558. The van der Waals surface area contributed by atoms with E-state index in [0.29, 0.717) is 5.56 Å². The lowest BCUT2D eigenvalue weighted by molar-refractivity contribution is 0.0693. The number of carbonyl (C=O) groups is 2. The first-order chi connectivity index (χ1) is 10.2. The average molecular weight is 280 g/mol. The molecule has 3 nitrogen and oxygen atoms in total. The van der Waals surface area contributed by atoms with Crippen molar-refractivity contribution in [3.63, 3.8) is 0 Å². The third-order valence-corrected chi connectivity index (χ3v) is 4.01. The van der Waals surface area contributed by atoms with Crippen LogP contribution in [0.2, 0.25) is 0 Å². The van der Waals surface area contributed by atoms with Crippen molar-refractivity contribution in [2.45, 2.75) is 25.7 Å². The fourth-order valence-electron chi connectivity index (χ4n) is 2.90. The number of carboxylic acids is 1. The minimum atomic E-state index is -1.07. The fourth-order valence-corrected chi connectivity index (χ4v) is 2.90. The molecule has 0 amide bonds. The Morgan fingerprint density at radius 1 is 0.857 bits per heavy atom. The number of carbonyl (C=O) groups excluding carboxylic acids is 1. The van der Waals surface area contributed by atoms with Crippen molar-refractivity contribution in [3.05, 3.63) is 70.3 Å². The van der Waals surface area contributed by atoms with Crippen LogP contribution in [0.4, 0.5) is 0 Å². The quantitative estimate of drug-likeness (QED) is 0.875. The topological polar surface area (TPSA) is 54.4 Å². The molecule has 2 aromatic rings. The van der Waals surface area contributed by atoms with Crippen LogP contribution in [-0.4, -0.2) is 16.9 Å². The average Bonchev–Trinajstić information content (AvgIpc) is 2.53. The van der Waals surface area contributed by atoms with Gasteiger partial charge < -0.3 is 5.11 Å². The molecule has 0 heterocycles. The number of aryl methyl sites for hydroxylation is 2. The predicted octanol–water partition coefficient (Wildman–Crippen LogP) is 3.49. The maximum Gasteiger partial charge on any atom is 0.336 e. The Bertz CT molecular complexity index is 716. The molecule has 1 N–H and O–H groups in total. The maximum atomic E-state index is 12.6. The second-order valence-corrected chi connectivity index (χ2v) is 5.37. The Morgan fingerprint density at radius 2 is 1.52 bits per heavy atom. The van der Waals surface area contributed by atoms with Crippen LogP contribution in [0.3, 0.4) is 0 Å². The number of hydrogen-bond acceptors (Lipinski definition) is 2. The van der Waals surface area contributed by atoms with Gasteiger partial charge in [0.1, 0.15) is 0 Å². The normalized spacial score (nSPS) is 13.5. The minimum Gasteiger partial charge on any atom is -0.478 e.